The average molecular weight is 255 g/mol. The van der Waals surface area contributed by atoms with Gasteiger partial charge in [-0.25, -0.2) is 0 Å². The molecule has 18 heavy (non-hydrogen) atoms. The predicted molar refractivity (Wildman–Crippen MR) is 66.3 cm³/mol. The van der Waals surface area contributed by atoms with Gasteiger partial charge < -0.3 is 16.8 Å². The fourth-order valence-electron chi connectivity index (χ4n) is 2.46. The molecule has 0 radical (unpaired) electrons. The fourth-order valence-corrected chi connectivity index (χ4v) is 2.46. The Morgan fingerprint density at radius 2 is 1.78 bits per heavy atom. The lowest BCUT2D eigenvalue weighted by molar-refractivity contribution is -0.136. The summed E-state index contributed by atoms with van der Waals surface area (Å²) >= 11 is 0. The molecule has 0 bridgehead atoms. The summed E-state index contributed by atoms with van der Waals surface area (Å²) in [5, 5.41) is 2.53. The van der Waals surface area contributed by atoms with Crippen LogP contribution < -0.4 is 16.8 Å². The normalized spacial score (nSPS) is 25.2. The number of ketones is 1. The van der Waals surface area contributed by atoms with Crippen LogP contribution in [0.5, 0.6) is 0 Å². The molecule has 1 saturated carbocycles. The highest BCUT2D eigenvalue weighted by molar-refractivity contribution is 5.91. The molecule has 1 aliphatic rings. The van der Waals surface area contributed by atoms with Crippen molar-refractivity contribution in [2.75, 3.05) is 6.54 Å². The lowest BCUT2D eigenvalue weighted by Crippen LogP contribution is -2.52. The van der Waals surface area contributed by atoms with E-state index in [1.54, 1.807) is 0 Å². The van der Waals surface area contributed by atoms with E-state index >= 15 is 0 Å². The lowest BCUT2D eigenvalue weighted by atomic mass is 9.76. The van der Waals surface area contributed by atoms with Gasteiger partial charge in [0.25, 0.3) is 0 Å². The summed E-state index contributed by atoms with van der Waals surface area (Å²) in [7, 11) is 0. The van der Waals surface area contributed by atoms with Crippen molar-refractivity contribution >= 4 is 17.6 Å². The van der Waals surface area contributed by atoms with Crippen LogP contribution in [0.3, 0.4) is 0 Å². The smallest absolute Gasteiger partial charge is 0.241 e. The molecule has 0 heterocycles. The second-order valence-corrected chi connectivity index (χ2v) is 4.81. The van der Waals surface area contributed by atoms with Crippen molar-refractivity contribution in [2.45, 2.75) is 38.6 Å². The molecule has 1 fully saturated rings. The number of carbonyl (C=O) groups is 3. The van der Waals surface area contributed by atoms with Gasteiger partial charge in [-0.3, -0.25) is 14.4 Å². The fraction of sp³-hybridized carbons (Fsp3) is 0.750. The Labute approximate surface area is 106 Å². The SMILES string of the molecule is CC(=O)[C@@H]1CCCC[C@@H]1C(=O)N[C@H](CN)C(N)=O. The maximum Gasteiger partial charge on any atom is 0.241 e. The van der Waals surface area contributed by atoms with Crippen molar-refractivity contribution in [1.29, 1.82) is 0 Å². The van der Waals surface area contributed by atoms with Crippen LogP contribution in [0.1, 0.15) is 32.6 Å². The predicted octanol–water partition coefficient (Wildman–Crippen LogP) is -0.689. The summed E-state index contributed by atoms with van der Waals surface area (Å²) in [6, 6.07) is -0.855. The molecule has 0 aromatic heterocycles. The van der Waals surface area contributed by atoms with Gasteiger partial charge in [-0.1, -0.05) is 12.8 Å². The van der Waals surface area contributed by atoms with Crippen LogP contribution >= 0.6 is 0 Å². The summed E-state index contributed by atoms with van der Waals surface area (Å²) in [6.07, 6.45) is 3.29. The quantitative estimate of drug-likeness (QED) is 0.603. The number of amides is 2. The number of nitrogens with one attached hydrogen (secondary N) is 1. The minimum atomic E-state index is -0.855. The topological polar surface area (TPSA) is 115 Å². The molecule has 0 spiro atoms. The van der Waals surface area contributed by atoms with Gasteiger partial charge in [0.15, 0.2) is 0 Å². The maximum atomic E-state index is 12.1. The molecule has 0 saturated heterocycles. The van der Waals surface area contributed by atoms with Gasteiger partial charge in [-0.2, -0.15) is 0 Å². The van der Waals surface area contributed by atoms with Crippen molar-refractivity contribution in [1.82, 2.24) is 5.32 Å². The van der Waals surface area contributed by atoms with Gasteiger partial charge in [0, 0.05) is 18.4 Å². The highest BCUT2D eigenvalue weighted by Crippen LogP contribution is 2.30. The number of Topliss-reactive ketones (excluding diaryl/α,β-unsaturated/α-hetero) is 1. The van der Waals surface area contributed by atoms with E-state index in [-0.39, 0.29) is 30.1 Å². The molecular weight excluding hydrogens is 234 g/mol. The summed E-state index contributed by atoms with van der Waals surface area (Å²) in [5.41, 5.74) is 10.5. The first-order valence-corrected chi connectivity index (χ1v) is 6.27. The molecule has 5 N–H and O–H groups in total. The molecule has 0 aromatic rings. The lowest BCUT2D eigenvalue weighted by Gasteiger charge is -2.29. The monoisotopic (exact) mass is 255 g/mol. The van der Waals surface area contributed by atoms with E-state index < -0.39 is 11.9 Å². The Balaban J connectivity index is 2.68. The summed E-state index contributed by atoms with van der Waals surface area (Å²) in [4.78, 5) is 34.6. The van der Waals surface area contributed by atoms with Crippen LogP contribution in [0.15, 0.2) is 0 Å². The van der Waals surface area contributed by atoms with Gasteiger partial charge in [-0.05, 0) is 19.8 Å². The number of nitrogens with two attached hydrogens (primary N) is 2. The van der Waals surface area contributed by atoms with Crippen molar-refractivity contribution in [3.05, 3.63) is 0 Å². The van der Waals surface area contributed by atoms with Crippen molar-refractivity contribution in [3.8, 4) is 0 Å². The number of carbonyl (C=O) groups excluding carboxylic acids is 3. The molecule has 6 nitrogen and oxygen atoms in total. The average Bonchev–Trinajstić information content (AvgIpc) is 2.35. The molecule has 0 aromatic carbocycles. The molecular formula is C12H21N3O3. The molecule has 2 amide bonds. The summed E-state index contributed by atoms with van der Waals surface area (Å²) in [5.74, 6) is -1.52. The first kappa shape index (κ1) is 14.6. The zero-order valence-electron chi connectivity index (χ0n) is 10.6. The molecule has 1 aliphatic carbocycles. The van der Waals surface area contributed by atoms with Crippen molar-refractivity contribution in [3.63, 3.8) is 0 Å². The van der Waals surface area contributed by atoms with Gasteiger partial charge in [0.2, 0.25) is 11.8 Å². The zero-order valence-corrected chi connectivity index (χ0v) is 10.6. The third kappa shape index (κ3) is 3.53. The zero-order chi connectivity index (χ0) is 13.7. The Hall–Kier alpha value is -1.43. The number of hydrogen-bond acceptors (Lipinski definition) is 4. The van der Waals surface area contributed by atoms with E-state index in [4.69, 9.17) is 11.5 Å². The summed E-state index contributed by atoms with van der Waals surface area (Å²) < 4.78 is 0. The van der Waals surface area contributed by atoms with Crippen molar-refractivity contribution < 1.29 is 14.4 Å². The van der Waals surface area contributed by atoms with Crippen LogP contribution in [-0.2, 0) is 14.4 Å². The van der Waals surface area contributed by atoms with Crippen LogP contribution in [0.2, 0.25) is 0 Å². The van der Waals surface area contributed by atoms with Gasteiger partial charge in [-0.15, -0.1) is 0 Å². The van der Waals surface area contributed by atoms with Crippen LogP contribution in [0, 0.1) is 11.8 Å². The van der Waals surface area contributed by atoms with E-state index in [0.717, 1.165) is 19.3 Å². The first-order chi connectivity index (χ1) is 8.47. The second-order valence-electron chi connectivity index (χ2n) is 4.81. The number of primary amides is 1. The highest BCUT2D eigenvalue weighted by atomic mass is 16.2. The molecule has 1 rings (SSSR count). The second kappa shape index (κ2) is 6.49. The van der Waals surface area contributed by atoms with Crippen LogP contribution in [0.4, 0.5) is 0 Å². The highest BCUT2D eigenvalue weighted by Gasteiger charge is 2.34. The third-order valence-electron chi connectivity index (χ3n) is 3.52. The molecule has 3 atom stereocenters. The number of hydrogen-bond donors (Lipinski definition) is 3. The van der Waals surface area contributed by atoms with Gasteiger partial charge in [0.1, 0.15) is 11.8 Å². The largest absolute Gasteiger partial charge is 0.368 e. The summed E-state index contributed by atoms with van der Waals surface area (Å²) in [6.45, 7) is 1.48. The van der Waals surface area contributed by atoms with Gasteiger partial charge in [0.05, 0.1) is 0 Å². The van der Waals surface area contributed by atoms with E-state index in [1.165, 1.54) is 6.92 Å². The molecule has 0 unspecified atom stereocenters. The number of rotatable bonds is 5. The Morgan fingerprint density at radius 1 is 1.22 bits per heavy atom. The minimum absolute atomic E-state index is 0.0261. The van der Waals surface area contributed by atoms with Crippen LogP contribution in [-0.4, -0.2) is 30.2 Å². The maximum absolute atomic E-state index is 12.1. The minimum Gasteiger partial charge on any atom is -0.368 e. The molecule has 102 valence electrons. The standard InChI is InChI=1S/C12H21N3O3/c1-7(16)8-4-2-3-5-9(8)12(18)15-10(6-13)11(14)17/h8-10H,2-6,13H2,1H3,(H2,14,17)(H,15,18)/t8-,9-,10+/m0/s1. The first-order valence-electron chi connectivity index (χ1n) is 6.27. The van der Waals surface area contributed by atoms with E-state index in [1.807, 2.05) is 0 Å². The van der Waals surface area contributed by atoms with E-state index in [2.05, 4.69) is 5.32 Å². The Bertz CT molecular complexity index is 343. The Morgan fingerprint density at radius 3 is 2.22 bits per heavy atom. The molecule has 6 heteroatoms. The van der Waals surface area contributed by atoms with Crippen LogP contribution in [0.25, 0.3) is 0 Å². The van der Waals surface area contributed by atoms with E-state index in [0.29, 0.717) is 6.42 Å². The van der Waals surface area contributed by atoms with E-state index in [9.17, 15) is 14.4 Å². The van der Waals surface area contributed by atoms with Crippen molar-refractivity contribution in [2.24, 2.45) is 23.3 Å². The van der Waals surface area contributed by atoms with Gasteiger partial charge >= 0.3 is 0 Å². The third-order valence-corrected chi connectivity index (χ3v) is 3.52. The molecule has 0 aliphatic heterocycles. The Kier molecular flexibility index (Phi) is 5.27.